The molecule has 2 aromatic heterocycles. The molecule has 0 unspecified atom stereocenters. The van der Waals surface area contributed by atoms with Crippen LogP contribution in [0.5, 0.6) is 0 Å². The summed E-state index contributed by atoms with van der Waals surface area (Å²) in [4.78, 5) is 15.1. The number of aromatic nitrogens is 4. The molecule has 4 heterocycles. The molecule has 0 aliphatic carbocycles. The molecule has 1 aromatic carbocycles. The van der Waals surface area contributed by atoms with Crippen LogP contribution in [0.25, 0.3) is 5.69 Å². The summed E-state index contributed by atoms with van der Waals surface area (Å²) in [5, 5.41) is 11.9. The zero-order valence-electron chi connectivity index (χ0n) is 16.8. The number of likely N-dealkylation sites (tertiary alicyclic amines) is 1. The summed E-state index contributed by atoms with van der Waals surface area (Å²) in [7, 11) is 0. The van der Waals surface area contributed by atoms with E-state index < -0.39 is 0 Å². The van der Waals surface area contributed by atoms with Gasteiger partial charge in [0.2, 0.25) is 0 Å². The van der Waals surface area contributed by atoms with Crippen LogP contribution in [0.15, 0.2) is 36.5 Å². The van der Waals surface area contributed by atoms with Crippen molar-refractivity contribution in [2.75, 3.05) is 19.7 Å². The first-order valence-electron chi connectivity index (χ1n) is 10.2. The molecule has 29 heavy (non-hydrogen) atoms. The molecule has 1 spiro atoms. The lowest BCUT2D eigenvalue weighted by Gasteiger charge is -2.43. The van der Waals surface area contributed by atoms with Gasteiger partial charge in [0.05, 0.1) is 29.9 Å². The van der Waals surface area contributed by atoms with E-state index in [-0.39, 0.29) is 11.5 Å². The standard InChI is InChI=1S/C22H25N5O2/c1-15-12-16(2)27(25-15)19-5-3-4-17(13-19)21(28)26-9-7-22(8-10-26)20-18(6-11-29-22)14-23-24-20/h3-5,12-14H,6-11H2,1-2H3,(H,23,24). The number of hydrogen-bond acceptors (Lipinski definition) is 4. The largest absolute Gasteiger partial charge is 0.368 e. The van der Waals surface area contributed by atoms with Gasteiger partial charge in [0, 0.05) is 24.3 Å². The normalized spacial score (nSPS) is 18.1. The van der Waals surface area contributed by atoms with Crippen LogP contribution in [0, 0.1) is 13.8 Å². The Morgan fingerprint density at radius 3 is 2.79 bits per heavy atom. The first-order valence-corrected chi connectivity index (χ1v) is 10.2. The summed E-state index contributed by atoms with van der Waals surface area (Å²) in [6, 6.07) is 9.75. The van der Waals surface area contributed by atoms with E-state index in [2.05, 4.69) is 15.3 Å². The predicted octanol–water partition coefficient (Wildman–Crippen LogP) is 2.92. The SMILES string of the molecule is Cc1cc(C)n(-c2cccc(C(=O)N3CCC4(CC3)OCCc3cn[nH]c34)c2)n1. The quantitative estimate of drug-likeness (QED) is 0.729. The lowest BCUT2D eigenvalue weighted by atomic mass is 9.83. The average molecular weight is 391 g/mol. The fourth-order valence-corrected chi connectivity index (χ4v) is 4.63. The number of hydrogen-bond donors (Lipinski definition) is 1. The van der Waals surface area contributed by atoms with Crippen LogP contribution >= 0.6 is 0 Å². The number of carbonyl (C=O) groups excluding carboxylic acids is 1. The zero-order valence-corrected chi connectivity index (χ0v) is 16.8. The maximum atomic E-state index is 13.2. The Bertz CT molecular complexity index is 1060. The summed E-state index contributed by atoms with van der Waals surface area (Å²) in [5.41, 5.74) is 5.64. The molecule has 1 N–H and O–H groups in total. The third-order valence-electron chi connectivity index (χ3n) is 6.13. The number of rotatable bonds is 2. The first kappa shape index (κ1) is 18.1. The minimum Gasteiger partial charge on any atom is -0.368 e. The van der Waals surface area contributed by atoms with Crippen molar-refractivity contribution < 1.29 is 9.53 Å². The second-order valence-corrected chi connectivity index (χ2v) is 8.04. The fraction of sp³-hybridized carbons (Fsp3) is 0.409. The molecule has 0 saturated carbocycles. The number of amides is 1. The van der Waals surface area contributed by atoms with Crippen molar-refractivity contribution in [1.82, 2.24) is 24.9 Å². The van der Waals surface area contributed by atoms with Gasteiger partial charge in [-0.2, -0.15) is 10.2 Å². The molecule has 7 heteroatoms. The highest BCUT2D eigenvalue weighted by molar-refractivity contribution is 5.94. The van der Waals surface area contributed by atoms with Crippen molar-refractivity contribution in [3.05, 3.63) is 64.7 Å². The maximum absolute atomic E-state index is 13.2. The second-order valence-electron chi connectivity index (χ2n) is 8.04. The molecule has 1 fully saturated rings. The topological polar surface area (TPSA) is 76.0 Å². The molecule has 150 valence electrons. The van der Waals surface area contributed by atoms with Crippen molar-refractivity contribution in [3.63, 3.8) is 0 Å². The van der Waals surface area contributed by atoms with E-state index in [1.165, 1.54) is 5.56 Å². The Kier molecular flexibility index (Phi) is 4.28. The van der Waals surface area contributed by atoms with Crippen molar-refractivity contribution in [1.29, 1.82) is 0 Å². The van der Waals surface area contributed by atoms with Gasteiger partial charge in [-0.1, -0.05) is 6.07 Å². The number of aromatic amines is 1. The molecule has 1 amide bonds. The van der Waals surface area contributed by atoms with Gasteiger partial charge in [0.15, 0.2) is 0 Å². The molecule has 2 aliphatic rings. The molecule has 0 atom stereocenters. The number of fused-ring (bicyclic) bond motifs is 2. The van der Waals surface area contributed by atoms with E-state index >= 15 is 0 Å². The molecular formula is C22H25N5O2. The van der Waals surface area contributed by atoms with Gasteiger partial charge >= 0.3 is 0 Å². The van der Waals surface area contributed by atoms with Crippen LogP contribution in [0.3, 0.4) is 0 Å². The highest BCUT2D eigenvalue weighted by Crippen LogP contribution is 2.40. The number of carbonyl (C=O) groups is 1. The summed E-state index contributed by atoms with van der Waals surface area (Å²) in [6.07, 6.45) is 4.37. The summed E-state index contributed by atoms with van der Waals surface area (Å²) >= 11 is 0. The minimum absolute atomic E-state index is 0.0591. The highest BCUT2D eigenvalue weighted by Gasteiger charge is 2.43. The van der Waals surface area contributed by atoms with Crippen LogP contribution in [0.2, 0.25) is 0 Å². The number of nitrogens with zero attached hydrogens (tertiary/aromatic N) is 4. The Morgan fingerprint density at radius 2 is 2.03 bits per heavy atom. The van der Waals surface area contributed by atoms with Gasteiger partial charge in [-0.05, 0) is 62.9 Å². The van der Waals surface area contributed by atoms with Gasteiger partial charge in [-0.15, -0.1) is 0 Å². The van der Waals surface area contributed by atoms with E-state index in [9.17, 15) is 4.79 Å². The van der Waals surface area contributed by atoms with Crippen LogP contribution in [0.1, 0.15) is 45.8 Å². The lowest BCUT2D eigenvalue weighted by molar-refractivity contribution is -0.0962. The molecule has 0 radical (unpaired) electrons. The molecule has 0 bridgehead atoms. The van der Waals surface area contributed by atoms with Gasteiger partial charge in [0.25, 0.3) is 5.91 Å². The molecule has 7 nitrogen and oxygen atoms in total. The van der Waals surface area contributed by atoms with Crippen LogP contribution in [-0.2, 0) is 16.8 Å². The Morgan fingerprint density at radius 1 is 1.21 bits per heavy atom. The molecule has 3 aromatic rings. The fourth-order valence-electron chi connectivity index (χ4n) is 4.63. The number of nitrogens with one attached hydrogen (secondary N) is 1. The summed E-state index contributed by atoms with van der Waals surface area (Å²) in [5.74, 6) is 0.0591. The predicted molar refractivity (Wildman–Crippen MR) is 108 cm³/mol. The smallest absolute Gasteiger partial charge is 0.253 e. The Labute approximate surface area is 169 Å². The van der Waals surface area contributed by atoms with Crippen LogP contribution in [0.4, 0.5) is 0 Å². The van der Waals surface area contributed by atoms with Crippen LogP contribution < -0.4 is 0 Å². The zero-order chi connectivity index (χ0) is 20.0. The average Bonchev–Trinajstić information content (AvgIpc) is 3.35. The van der Waals surface area contributed by atoms with E-state index in [4.69, 9.17) is 4.74 Å². The van der Waals surface area contributed by atoms with E-state index in [1.54, 1.807) is 0 Å². The Hall–Kier alpha value is -2.93. The van der Waals surface area contributed by atoms with Gasteiger partial charge < -0.3 is 9.64 Å². The first-order chi connectivity index (χ1) is 14.1. The molecular weight excluding hydrogens is 366 g/mol. The van der Waals surface area contributed by atoms with Gasteiger partial charge in [-0.25, -0.2) is 4.68 Å². The number of benzene rings is 1. The number of aryl methyl sites for hydroxylation is 2. The Balaban J connectivity index is 1.34. The number of ether oxygens (including phenoxy) is 1. The minimum atomic E-state index is -0.327. The van der Waals surface area contributed by atoms with E-state index in [0.717, 1.165) is 42.0 Å². The third-order valence-corrected chi connectivity index (χ3v) is 6.13. The van der Waals surface area contributed by atoms with Gasteiger partial charge in [-0.3, -0.25) is 9.89 Å². The maximum Gasteiger partial charge on any atom is 0.253 e. The summed E-state index contributed by atoms with van der Waals surface area (Å²) in [6.45, 7) is 6.04. The number of piperidine rings is 1. The van der Waals surface area contributed by atoms with Gasteiger partial charge in [0.1, 0.15) is 5.60 Å². The van der Waals surface area contributed by atoms with E-state index in [0.29, 0.717) is 25.3 Å². The van der Waals surface area contributed by atoms with Crippen LogP contribution in [-0.4, -0.2) is 50.5 Å². The lowest BCUT2D eigenvalue weighted by Crippen LogP contribution is -2.48. The van der Waals surface area contributed by atoms with Crippen molar-refractivity contribution in [2.24, 2.45) is 0 Å². The van der Waals surface area contributed by atoms with Crippen molar-refractivity contribution in [3.8, 4) is 5.69 Å². The second kappa shape index (κ2) is 6.84. The number of H-pyrrole nitrogens is 1. The molecule has 5 rings (SSSR count). The third kappa shape index (κ3) is 3.06. The molecule has 1 saturated heterocycles. The van der Waals surface area contributed by atoms with Crippen molar-refractivity contribution >= 4 is 5.91 Å². The monoisotopic (exact) mass is 391 g/mol. The highest BCUT2D eigenvalue weighted by atomic mass is 16.5. The van der Waals surface area contributed by atoms with E-state index in [1.807, 2.05) is 60.0 Å². The summed E-state index contributed by atoms with van der Waals surface area (Å²) < 4.78 is 8.08. The van der Waals surface area contributed by atoms with Crippen molar-refractivity contribution in [2.45, 2.75) is 38.7 Å². The molecule has 2 aliphatic heterocycles.